The van der Waals surface area contributed by atoms with Crippen LogP contribution >= 0.6 is 27.3 Å². The Kier molecular flexibility index (Phi) is 4.98. The number of nitrogens with zero attached hydrogens (tertiary/aromatic N) is 1. The minimum absolute atomic E-state index is 0.319. The van der Waals surface area contributed by atoms with Gasteiger partial charge in [0.2, 0.25) is 0 Å². The molecule has 7 heteroatoms. The molecule has 2 rings (SSSR count). The van der Waals surface area contributed by atoms with Crippen molar-refractivity contribution in [3.8, 4) is 0 Å². The van der Waals surface area contributed by atoms with Gasteiger partial charge in [-0.25, -0.2) is 8.42 Å². The number of sulfonamides is 1. The highest BCUT2D eigenvalue weighted by Crippen LogP contribution is 2.26. The number of hydrogen-bond donors (Lipinski definition) is 1. The Morgan fingerprint density at radius 3 is 2.55 bits per heavy atom. The summed E-state index contributed by atoms with van der Waals surface area (Å²) in [6.07, 6.45) is 0. The molecule has 20 heavy (non-hydrogen) atoms. The molecule has 108 valence electrons. The van der Waals surface area contributed by atoms with E-state index in [0.29, 0.717) is 17.3 Å². The number of nitrogens with two attached hydrogens (primary N) is 1. The van der Waals surface area contributed by atoms with E-state index in [9.17, 15) is 8.42 Å². The number of hydrogen-bond acceptors (Lipinski definition) is 4. The van der Waals surface area contributed by atoms with Crippen LogP contribution in [0.2, 0.25) is 0 Å². The number of halogens is 1. The van der Waals surface area contributed by atoms with E-state index < -0.39 is 10.0 Å². The quantitative estimate of drug-likeness (QED) is 0.874. The molecule has 0 fully saturated rings. The van der Waals surface area contributed by atoms with Crippen molar-refractivity contribution in [2.24, 2.45) is 5.73 Å². The fourth-order valence-electron chi connectivity index (χ4n) is 1.71. The van der Waals surface area contributed by atoms with Gasteiger partial charge in [-0.05, 0) is 23.8 Å². The third-order valence-electron chi connectivity index (χ3n) is 2.85. The lowest BCUT2D eigenvalue weighted by Crippen LogP contribution is -2.25. The molecule has 0 aliphatic heterocycles. The summed E-state index contributed by atoms with van der Waals surface area (Å²) in [5.74, 6) is 0. The van der Waals surface area contributed by atoms with E-state index in [-0.39, 0.29) is 0 Å². The fourth-order valence-corrected chi connectivity index (χ4v) is 4.72. The SMILES string of the molecule is CN(Cc1ccccc1Br)S(=O)(=O)c1ccc(CN)s1. The van der Waals surface area contributed by atoms with E-state index in [1.807, 2.05) is 24.3 Å². The van der Waals surface area contributed by atoms with Gasteiger partial charge in [0, 0.05) is 29.5 Å². The summed E-state index contributed by atoms with van der Waals surface area (Å²) >= 11 is 4.64. The van der Waals surface area contributed by atoms with Gasteiger partial charge in [0.05, 0.1) is 0 Å². The van der Waals surface area contributed by atoms with Crippen LogP contribution in [0.25, 0.3) is 0 Å². The van der Waals surface area contributed by atoms with Crippen LogP contribution in [0.5, 0.6) is 0 Å². The van der Waals surface area contributed by atoms with Gasteiger partial charge in [-0.15, -0.1) is 11.3 Å². The lowest BCUT2D eigenvalue weighted by Gasteiger charge is -2.16. The van der Waals surface area contributed by atoms with Crippen molar-refractivity contribution in [2.75, 3.05) is 7.05 Å². The summed E-state index contributed by atoms with van der Waals surface area (Å²) in [4.78, 5) is 0.859. The standard InChI is InChI=1S/C13H15BrN2O2S2/c1-16(9-10-4-2-3-5-12(10)14)20(17,18)13-7-6-11(8-15)19-13/h2-7H,8-9,15H2,1H3. The Hall–Kier alpha value is -0.730. The first kappa shape index (κ1) is 15.7. The van der Waals surface area contributed by atoms with Crippen LogP contribution in [0.3, 0.4) is 0 Å². The summed E-state index contributed by atoms with van der Waals surface area (Å²) in [5, 5.41) is 0. The van der Waals surface area contributed by atoms with Gasteiger partial charge >= 0.3 is 0 Å². The topological polar surface area (TPSA) is 63.4 Å². The van der Waals surface area contributed by atoms with E-state index in [0.717, 1.165) is 14.9 Å². The van der Waals surface area contributed by atoms with Crippen LogP contribution in [-0.4, -0.2) is 19.8 Å². The third-order valence-corrected chi connectivity index (χ3v) is 7.01. The highest BCUT2D eigenvalue weighted by atomic mass is 79.9. The first-order valence-electron chi connectivity index (χ1n) is 5.93. The molecule has 2 aromatic rings. The summed E-state index contributed by atoms with van der Waals surface area (Å²) < 4.78 is 27.5. The number of rotatable bonds is 5. The number of thiophene rings is 1. The number of benzene rings is 1. The van der Waals surface area contributed by atoms with Crippen molar-refractivity contribution in [3.63, 3.8) is 0 Å². The molecule has 0 aliphatic rings. The Morgan fingerprint density at radius 1 is 1.25 bits per heavy atom. The van der Waals surface area contributed by atoms with E-state index in [1.54, 1.807) is 19.2 Å². The highest BCUT2D eigenvalue weighted by Gasteiger charge is 2.23. The molecule has 0 unspecified atom stereocenters. The summed E-state index contributed by atoms with van der Waals surface area (Å²) in [7, 11) is -1.89. The maximum atomic E-state index is 12.5. The van der Waals surface area contributed by atoms with E-state index >= 15 is 0 Å². The average Bonchev–Trinajstić information content (AvgIpc) is 2.90. The Morgan fingerprint density at radius 2 is 1.95 bits per heavy atom. The molecular formula is C13H15BrN2O2S2. The molecular weight excluding hydrogens is 360 g/mol. The van der Waals surface area contributed by atoms with Crippen molar-refractivity contribution in [1.29, 1.82) is 0 Å². The maximum Gasteiger partial charge on any atom is 0.252 e. The van der Waals surface area contributed by atoms with Crippen LogP contribution in [-0.2, 0) is 23.1 Å². The van der Waals surface area contributed by atoms with Gasteiger partial charge in [0.25, 0.3) is 10.0 Å². The highest BCUT2D eigenvalue weighted by molar-refractivity contribution is 9.10. The van der Waals surface area contributed by atoms with Crippen LogP contribution in [0.1, 0.15) is 10.4 Å². The molecule has 0 bridgehead atoms. The van der Waals surface area contributed by atoms with Crippen LogP contribution in [0, 0.1) is 0 Å². The molecule has 4 nitrogen and oxygen atoms in total. The molecule has 2 N–H and O–H groups in total. The molecule has 0 atom stereocenters. The first-order valence-corrected chi connectivity index (χ1v) is 8.98. The molecule has 0 spiro atoms. The second-order valence-electron chi connectivity index (χ2n) is 4.28. The van der Waals surface area contributed by atoms with E-state index in [2.05, 4.69) is 15.9 Å². The molecule has 0 amide bonds. The normalized spacial score (nSPS) is 12.0. The first-order chi connectivity index (χ1) is 9.45. The van der Waals surface area contributed by atoms with Crippen molar-refractivity contribution >= 4 is 37.3 Å². The Bertz CT molecular complexity index is 698. The molecule has 1 heterocycles. The van der Waals surface area contributed by atoms with Gasteiger partial charge in [0.1, 0.15) is 4.21 Å². The molecule has 0 saturated carbocycles. The maximum absolute atomic E-state index is 12.5. The summed E-state index contributed by atoms with van der Waals surface area (Å²) in [6, 6.07) is 10.9. The van der Waals surface area contributed by atoms with Crippen molar-refractivity contribution in [1.82, 2.24) is 4.31 Å². The predicted molar refractivity (Wildman–Crippen MR) is 85.0 cm³/mol. The zero-order valence-corrected chi connectivity index (χ0v) is 14.1. The van der Waals surface area contributed by atoms with Gasteiger partial charge in [-0.3, -0.25) is 0 Å². The fraction of sp³-hybridized carbons (Fsp3) is 0.231. The van der Waals surface area contributed by atoms with E-state index in [4.69, 9.17) is 5.73 Å². The van der Waals surface area contributed by atoms with Gasteiger partial charge < -0.3 is 5.73 Å². The lowest BCUT2D eigenvalue weighted by molar-refractivity contribution is 0.468. The zero-order chi connectivity index (χ0) is 14.8. The third kappa shape index (κ3) is 3.29. The second-order valence-corrected chi connectivity index (χ2v) is 8.57. The minimum Gasteiger partial charge on any atom is -0.326 e. The molecule has 0 radical (unpaired) electrons. The van der Waals surface area contributed by atoms with Crippen LogP contribution in [0.15, 0.2) is 45.1 Å². The van der Waals surface area contributed by atoms with Crippen molar-refractivity contribution < 1.29 is 8.42 Å². The van der Waals surface area contributed by atoms with Crippen LogP contribution in [0.4, 0.5) is 0 Å². The predicted octanol–water partition coefficient (Wildman–Crippen LogP) is 2.79. The van der Waals surface area contributed by atoms with Crippen molar-refractivity contribution in [2.45, 2.75) is 17.3 Å². The van der Waals surface area contributed by atoms with E-state index in [1.165, 1.54) is 15.6 Å². The average molecular weight is 375 g/mol. The molecule has 0 saturated heterocycles. The lowest BCUT2D eigenvalue weighted by atomic mass is 10.2. The molecule has 1 aromatic carbocycles. The Balaban J connectivity index is 2.23. The second kappa shape index (κ2) is 6.36. The minimum atomic E-state index is -3.47. The summed E-state index contributed by atoms with van der Waals surface area (Å²) in [5.41, 5.74) is 6.45. The monoisotopic (exact) mass is 374 g/mol. The largest absolute Gasteiger partial charge is 0.326 e. The Labute approximate surface area is 131 Å². The zero-order valence-electron chi connectivity index (χ0n) is 10.9. The van der Waals surface area contributed by atoms with Gasteiger partial charge in [-0.2, -0.15) is 4.31 Å². The van der Waals surface area contributed by atoms with Crippen LogP contribution < -0.4 is 5.73 Å². The smallest absolute Gasteiger partial charge is 0.252 e. The molecule has 0 aliphatic carbocycles. The van der Waals surface area contributed by atoms with Gasteiger partial charge in [0.15, 0.2) is 0 Å². The van der Waals surface area contributed by atoms with Gasteiger partial charge in [-0.1, -0.05) is 34.1 Å². The van der Waals surface area contributed by atoms with Crippen molar-refractivity contribution in [3.05, 3.63) is 51.3 Å². The summed E-state index contributed by atoms with van der Waals surface area (Å²) in [6.45, 7) is 0.674. The molecule has 1 aromatic heterocycles.